The fourth-order valence-corrected chi connectivity index (χ4v) is 2.88. The van der Waals surface area contributed by atoms with Gasteiger partial charge < -0.3 is 4.74 Å². The second-order valence-corrected chi connectivity index (χ2v) is 5.64. The van der Waals surface area contributed by atoms with Crippen LogP contribution in [0.15, 0.2) is 54.6 Å². The van der Waals surface area contributed by atoms with E-state index in [0.717, 1.165) is 16.3 Å². The first-order valence-electron chi connectivity index (χ1n) is 6.39. The van der Waals surface area contributed by atoms with Gasteiger partial charge in [0.05, 0.1) is 10.9 Å². The van der Waals surface area contributed by atoms with Gasteiger partial charge in [0.1, 0.15) is 11.5 Å². The highest BCUT2D eigenvalue weighted by Crippen LogP contribution is 2.38. The molecule has 21 heavy (non-hydrogen) atoms. The highest BCUT2D eigenvalue weighted by atomic mass is 35.5. The predicted molar refractivity (Wildman–Crippen MR) is 90.0 cm³/mol. The first-order valence-corrected chi connectivity index (χ1v) is 7.68. The number of rotatable bonds is 3. The maximum atomic E-state index is 6.23. The highest BCUT2D eigenvalue weighted by molar-refractivity contribution is 6.35. The molecule has 0 amide bonds. The molecule has 0 aromatic heterocycles. The summed E-state index contributed by atoms with van der Waals surface area (Å²) < 4.78 is 6.02. The zero-order valence-corrected chi connectivity index (χ0v) is 13.2. The van der Waals surface area contributed by atoms with Gasteiger partial charge in [-0.25, -0.2) is 0 Å². The smallest absolute Gasteiger partial charge is 0.150 e. The molecule has 3 aromatic carbocycles. The van der Waals surface area contributed by atoms with E-state index >= 15 is 0 Å². The van der Waals surface area contributed by atoms with Crippen LogP contribution < -0.4 is 4.74 Å². The van der Waals surface area contributed by atoms with Crippen LogP contribution in [0.3, 0.4) is 0 Å². The van der Waals surface area contributed by atoms with Crippen LogP contribution in [-0.4, -0.2) is 0 Å². The molecule has 1 nitrogen and oxygen atoms in total. The van der Waals surface area contributed by atoms with E-state index in [0.29, 0.717) is 27.4 Å². The molecule has 0 N–H and O–H groups in total. The van der Waals surface area contributed by atoms with Crippen molar-refractivity contribution >= 4 is 45.6 Å². The second-order valence-electron chi connectivity index (χ2n) is 4.55. The Morgan fingerprint density at radius 2 is 1.52 bits per heavy atom. The van der Waals surface area contributed by atoms with Gasteiger partial charge >= 0.3 is 0 Å². The van der Waals surface area contributed by atoms with E-state index in [4.69, 9.17) is 39.5 Å². The Morgan fingerprint density at radius 3 is 2.29 bits per heavy atom. The molecular formula is C17H11Cl3O. The van der Waals surface area contributed by atoms with Gasteiger partial charge in [-0.15, -0.1) is 11.6 Å². The van der Waals surface area contributed by atoms with Crippen molar-refractivity contribution in [3.63, 3.8) is 0 Å². The Morgan fingerprint density at radius 1 is 0.762 bits per heavy atom. The van der Waals surface area contributed by atoms with Crippen LogP contribution in [-0.2, 0) is 5.88 Å². The molecule has 3 rings (SSSR count). The van der Waals surface area contributed by atoms with Gasteiger partial charge in [-0.3, -0.25) is 0 Å². The van der Waals surface area contributed by atoms with Crippen LogP contribution in [0.25, 0.3) is 10.8 Å². The zero-order valence-electron chi connectivity index (χ0n) is 10.9. The van der Waals surface area contributed by atoms with E-state index in [-0.39, 0.29) is 0 Å². The summed E-state index contributed by atoms with van der Waals surface area (Å²) in [6.45, 7) is 0. The van der Waals surface area contributed by atoms with E-state index in [2.05, 4.69) is 0 Å². The molecular weight excluding hydrogens is 327 g/mol. The summed E-state index contributed by atoms with van der Waals surface area (Å²) in [4.78, 5) is 0. The van der Waals surface area contributed by atoms with Crippen molar-refractivity contribution in [1.29, 1.82) is 0 Å². The predicted octanol–water partition coefficient (Wildman–Crippen LogP) is 6.68. The number of hydrogen-bond donors (Lipinski definition) is 0. The molecule has 0 aliphatic carbocycles. The molecule has 0 aliphatic rings. The molecule has 0 heterocycles. The maximum Gasteiger partial charge on any atom is 0.150 e. The van der Waals surface area contributed by atoms with Crippen LogP contribution >= 0.6 is 34.8 Å². The minimum atomic E-state index is 0.335. The Hall–Kier alpha value is -1.41. The van der Waals surface area contributed by atoms with Gasteiger partial charge in [0.15, 0.2) is 0 Å². The van der Waals surface area contributed by atoms with Gasteiger partial charge in [0.2, 0.25) is 0 Å². The highest BCUT2D eigenvalue weighted by Gasteiger charge is 2.12. The summed E-state index contributed by atoms with van der Waals surface area (Å²) >= 11 is 18.4. The number of halogens is 3. The molecule has 106 valence electrons. The molecule has 0 radical (unpaired) electrons. The lowest BCUT2D eigenvalue weighted by Gasteiger charge is -2.13. The van der Waals surface area contributed by atoms with Crippen molar-refractivity contribution in [2.45, 2.75) is 5.88 Å². The number of hydrogen-bond acceptors (Lipinski definition) is 1. The summed E-state index contributed by atoms with van der Waals surface area (Å²) in [5.74, 6) is 1.62. The minimum absolute atomic E-state index is 0.335. The van der Waals surface area contributed by atoms with E-state index in [9.17, 15) is 0 Å². The molecule has 0 unspecified atom stereocenters. The number of fused-ring (bicyclic) bond motifs is 1. The van der Waals surface area contributed by atoms with Gasteiger partial charge in [0, 0.05) is 21.4 Å². The summed E-state index contributed by atoms with van der Waals surface area (Å²) in [6, 6.07) is 17.0. The van der Waals surface area contributed by atoms with Gasteiger partial charge in [0.25, 0.3) is 0 Å². The number of ether oxygens (including phenoxy) is 1. The van der Waals surface area contributed by atoms with Gasteiger partial charge in [-0.05, 0) is 18.2 Å². The summed E-state index contributed by atoms with van der Waals surface area (Å²) in [5.41, 5.74) is 0.850. The van der Waals surface area contributed by atoms with Crippen LogP contribution in [0.1, 0.15) is 5.56 Å². The molecule has 0 fully saturated rings. The molecule has 3 aromatic rings. The van der Waals surface area contributed by atoms with E-state index in [1.54, 1.807) is 6.07 Å². The first-order chi connectivity index (χ1) is 10.2. The fraction of sp³-hybridized carbons (Fsp3) is 0.0588. The molecule has 0 aliphatic heterocycles. The zero-order chi connectivity index (χ0) is 14.8. The lowest BCUT2D eigenvalue weighted by Crippen LogP contribution is -1.92. The molecule has 0 atom stereocenters. The Labute approximate surface area is 138 Å². The normalized spacial score (nSPS) is 10.8. The van der Waals surface area contributed by atoms with Crippen LogP contribution in [0.5, 0.6) is 11.5 Å². The standard InChI is InChI=1S/C17H11Cl3O/c18-10-11-4-3-7-15(20)17(11)21-16-9-8-14(19)12-5-1-2-6-13(12)16/h1-9H,10H2. The molecule has 0 saturated carbocycles. The lowest BCUT2D eigenvalue weighted by molar-refractivity contribution is 0.484. The maximum absolute atomic E-state index is 6.23. The first kappa shape index (κ1) is 14.5. The van der Waals surface area contributed by atoms with Crippen molar-refractivity contribution < 1.29 is 4.74 Å². The number of benzene rings is 3. The van der Waals surface area contributed by atoms with Crippen molar-refractivity contribution in [3.05, 3.63) is 70.2 Å². The molecule has 0 bridgehead atoms. The third kappa shape index (κ3) is 2.82. The van der Waals surface area contributed by atoms with Crippen molar-refractivity contribution in [2.75, 3.05) is 0 Å². The quantitative estimate of drug-likeness (QED) is 0.484. The topological polar surface area (TPSA) is 9.23 Å². The SMILES string of the molecule is ClCc1cccc(Cl)c1Oc1ccc(Cl)c2ccccc12. The number of para-hydroxylation sites is 1. The van der Waals surface area contributed by atoms with E-state index < -0.39 is 0 Å². The monoisotopic (exact) mass is 336 g/mol. The van der Waals surface area contributed by atoms with Crippen molar-refractivity contribution in [3.8, 4) is 11.5 Å². The van der Waals surface area contributed by atoms with Crippen molar-refractivity contribution in [1.82, 2.24) is 0 Å². The van der Waals surface area contributed by atoms with Crippen LogP contribution in [0.2, 0.25) is 10.0 Å². The van der Waals surface area contributed by atoms with Crippen molar-refractivity contribution in [2.24, 2.45) is 0 Å². The third-order valence-electron chi connectivity index (χ3n) is 3.24. The minimum Gasteiger partial charge on any atom is -0.455 e. The average Bonchev–Trinajstić information content (AvgIpc) is 2.52. The third-order valence-corrected chi connectivity index (χ3v) is 4.15. The average molecular weight is 338 g/mol. The van der Waals surface area contributed by atoms with E-state index in [1.165, 1.54) is 0 Å². The largest absolute Gasteiger partial charge is 0.455 e. The molecule has 4 heteroatoms. The molecule has 0 saturated heterocycles. The Kier molecular flexibility index (Phi) is 4.25. The Balaban J connectivity index is 2.13. The summed E-state index contributed by atoms with van der Waals surface area (Å²) in [6.07, 6.45) is 0. The van der Waals surface area contributed by atoms with Gasteiger partial charge in [-0.1, -0.05) is 59.6 Å². The van der Waals surface area contributed by atoms with Gasteiger partial charge in [-0.2, -0.15) is 0 Å². The fourth-order valence-electron chi connectivity index (χ4n) is 2.21. The summed E-state index contributed by atoms with van der Waals surface area (Å²) in [5, 5.41) is 3.10. The number of alkyl halides is 1. The lowest BCUT2D eigenvalue weighted by atomic mass is 10.1. The van der Waals surface area contributed by atoms with Crippen LogP contribution in [0, 0.1) is 0 Å². The molecule has 0 spiro atoms. The van der Waals surface area contributed by atoms with E-state index in [1.807, 2.05) is 48.5 Å². The Bertz CT molecular complexity index is 799. The second kappa shape index (κ2) is 6.15. The van der Waals surface area contributed by atoms with Crippen LogP contribution in [0.4, 0.5) is 0 Å². The summed E-state index contributed by atoms with van der Waals surface area (Å²) in [7, 11) is 0.